The second kappa shape index (κ2) is 8.95. The zero-order chi connectivity index (χ0) is 20.7. The van der Waals surface area contributed by atoms with Crippen molar-refractivity contribution in [2.24, 2.45) is 0 Å². The number of Topliss-reactive ketones (excluding diaryl/α,β-unsaturated/α-hetero) is 1. The number of ether oxygens (including phenoxy) is 1. The van der Waals surface area contributed by atoms with Gasteiger partial charge in [-0.15, -0.1) is 0 Å². The van der Waals surface area contributed by atoms with E-state index in [1.807, 2.05) is 0 Å². The van der Waals surface area contributed by atoms with Crippen molar-refractivity contribution in [3.05, 3.63) is 69.9 Å². The SMILES string of the molecule is COc1cc([N+](=O)[O-])ccc1NC(=O)/C(C#N)=C\Nc1cccc(C(C)=O)c1. The fraction of sp³-hybridized carbons (Fsp3) is 0.105. The number of nitriles is 1. The van der Waals surface area contributed by atoms with Crippen LogP contribution >= 0.6 is 0 Å². The van der Waals surface area contributed by atoms with Crippen LogP contribution < -0.4 is 15.4 Å². The Labute approximate surface area is 160 Å². The number of carbonyl (C=O) groups excluding carboxylic acids is 2. The van der Waals surface area contributed by atoms with Crippen LogP contribution in [0.25, 0.3) is 0 Å². The van der Waals surface area contributed by atoms with E-state index in [2.05, 4.69) is 10.6 Å². The van der Waals surface area contributed by atoms with Gasteiger partial charge in [0.15, 0.2) is 5.78 Å². The number of ketones is 1. The van der Waals surface area contributed by atoms with Crippen LogP contribution in [0.2, 0.25) is 0 Å². The molecule has 0 atom stereocenters. The maximum atomic E-state index is 12.3. The molecule has 2 aromatic carbocycles. The van der Waals surface area contributed by atoms with Gasteiger partial charge in [0.25, 0.3) is 11.6 Å². The third-order valence-corrected chi connectivity index (χ3v) is 3.66. The van der Waals surface area contributed by atoms with Gasteiger partial charge in [0.05, 0.1) is 23.8 Å². The molecule has 0 bridgehead atoms. The normalized spacial score (nSPS) is 10.5. The summed E-state index contributed by atoms with van der Waals surface area (Å²) in [4.78, 5) is 34.0. The van der Waals surface area contributed by atoms with Crippen molar-refractivity contribution >= 4 is 28.8 Å². The minimum absolute atomic E-state index is 0.0851. The van der Waals surface area contributed by atoms with E-state index >= 15 is 0 Å². The van der Waals surface area contributed by atoms with Gasteiger partial charge in [0, 0.05) is 23.5 Å². The first-order valence-corrected chi connectivity index (χ1v) is 7.97. The highest BCUT2D eigenvalue weighted by atomic mass is 16.6. The summed E-state index contributed by atoms with van der Waals surface area (Å²) in [6.45, 7) is 1.43. The van der Waals surface area contributed by atoms with Gasteiger partial charge >= 0.3 is 0 Å². The fourth-order valence-electron chi connectivity index (χ4n) is 2.22. The van der Waals surface area contributed by atoms with E-state index in [0.29, 0.717) is 11.3 Å². The molecule has 2 N–H and O–H groups in total. The molecule has 9 heteroatoms. The Balaban J connectivity index is 2.19. The monoisotopic (exact) mass is 380 g/mol. The molecule has 1 amide bonds. The Morgan fingerprint density at radius 1 is 1.25 bits per heavy atom. The van der Waals surface area contributed by atoms with E-state index in [9.17, 15) is 25.0 Å². The first-order chi connectivity index (χ1) is 13.3. The minimum Gasteiger partial charge on any atom is -0.494 e. The van der Waals surface area contributed by atoms with E-state index in [0.717, 1.165) is 6.07 Å². The van der Waals surface area contributed by atoms with Crippen LogP contribution in [0.5, 0.6) is 5.75 Å². The molecule has 0 saturated carbocycles. The summed E-state index contributed by atoms with van der Waals surface area (Å²) < 4.78 is 5.05. The van der Waals surface area contributed by atoms with Crippen molar-refractivity contribution in [2.45, 2.75) is 6.92 Å². The number of methoxy groups -OCH3 is 1. The van der Waals surface area contributed by atoms with Crippen LogP contribution in [0.4, 0.5) is 17.1 Å². The lowest BCUT2D eigenvalue weighted by Gasteiger charge is -2.10. The van der Waals surface area contributed by atoms with Gasteiger partial charge in [-0.2, -0.15) is 5.26 Å². The summed E-state index contributed by atoms with van der Waals surface area (Å²) in [5.41, 5.74) is 0.752. The number of nitro benzene ring substituents is 1. The van der Waals surface area contributed by atoms with E-state index in [1.54, 1.807) is 30.3 Å². The van der Waals surface area contributed by atoms with Crippen LogP contribution in [0.1, 0.15) is 17.3 Å². The lowest BCUT2D eigenvalue weighted by molar-refractivity contribution is -0.384. The zero-order valence-electron chi connectivity index (χ0n) is 15.1. The summed E-state index contributed by atoms with van der Waals surface area (Å²) in [6.07, 6.45) is 1.20. The van der Waals surface area contributed by atoms with Gasteiger partial charge in [0.1, 0.15) is 17.4 Å². The number of amides is 1. The standard InChI is InChI=1S/C19H16N4O5/c1-12(24)13-4-3-5-15(8-13)21-11-14(10-20)19(25)22-17-7-6-16(23(26)27)9-18(17)28-2/h3-9,11,21H,1-2H3,(H,22,25)/b14-11-. The minimum atomic E-state index is -0.732. The number of nitrogens with one attached hydrogen (secondary N) is 2. The van der Waals surface area contributed by atoms with Crippen LogP contribution in [0.15, 0.2) is 54.2 Å². The number of nitro groups is 1. The molecule has 2 rings (SSSR count). The van der Waals surface area contributed by atoms with E-state index in [4.69, 9.17) is 4.74 Å². The molecule has 0 unspecified atom stereocenters. The molecule has 28 heavy (non-hydrogen) atoms. The van der Waals surface area contributed by atoms with Crippen LogP contribution in [-0.4, -0.2) is 23.7 Å². The Hall–Kier alpha value is -4.19. The lowest BCUT2D eigenvalue weighted by atomic mass is 10.1. The van der Waals surface area contributed by atoms with Gasteiger partial charge in [-0.3, -0.25) is 19.7 Å². The molecule has 0 spiro atoms. The number of rotatable bonds is 7. The van der Waals surface area contributed by atoms with Crippen molar-refractivity contribution in [2.75, 3.05) is 17.7 Å². The summed E-state index contributed by atoms with van der Waals surface area (Å²) in [5, 5.41) is 25.3. The predicted octanol–water partition coefficient (Wildman–Crippen LogP) is 3.26. The summed E-state index contributed by atoms with van der Waals surface area (Å²) >= 11 is 0. The summed E-state index contributed by atoms with van der Waals surface area (Å²) in [7, 11) is 1.30. The highest BCUT2D eigenvalue weighted by Gasteiger charge is 2.15. The molecular weight excluding hydrogens is 364 g/mol. The largest absolute Gasteiger partial charge is 0.494 e. The average Bonchev–Trinajstić information content (AvgIpc) is 2.68. The Bertz CT molecular complexity index is 1010. The second-order valence-electron chi connectivity index (χ2n) is 5.55. The molecule has 0 aliphatic carbocycles. The first-order valence-electron chi connectivity index (χ1n) is 7.97. The Morgan fingerprint density at radius 2 is 2.00 bits per heavy atom. The highest BCUT2D eigenvalue weighted by Crippen LogP contribution is 2.29. The second-order valence-corrected chi connectivity index (χ2v) is 5.55. The maximum Gasteiger partial charge on any atom is 0.273 e. The predicted molar refractivity (Wildman–Crippen MR) is 102 cm³/mol. The quantitative estimate of drug-likeness (QED) is 0.247. The van der Waals surface area contributed by atoms with Gasteiger partial charge in [-0.1, -0.05) is 12.1 Å². The maximum absolute atomic E-state index is 12.3. The molecule has 0 saturated heterocycles. The lowest BCUT2D eigenvalue weighted by Crippen LogP contribution is -2.15. The molecule has 0 heterocycles. The van der Waals surface area contributed by atoms with Gasteiger partial charge < -0.3 is 15.4 Å². The molecule has 0 aliphatic rings. The van der Waals surface area contributed by atoms with E-state index in [-0.39, 0.29) is 28.5 Å². The first kappa shape index (κ1) is 20.1. The van der Waals surface area contributed by atoms with Gasteiger partial charge in [-0.05, 0) is 25.1 Å². The third-order valence-electron chi connectivity index (χ3n) is 3.66. The molecule has 142 valence electrons. The van der Waals surface area contributed by atoms with Crippen LogP contribution in [-0.2, 0) is 4.79 Å². The number of non-ortho nitro benzene ring substituents is 1. The number of nitrogens with zero attached hydrogens (tertiary/aromatic N) is 2. The molecule has 0 aliphatic heterocycles. The van der Waals surface area contributed by atoms with Crippen LogP contribution in [0, 0.1) is 21.4 Å². The molecule has 2 aromatic rings. The Kier molecular flexibility index (Phi) is 6.44. The number of hydrogen-bond donors (Lipinski definition) is 2. The summed E-state index contributed by atoms with van der Waals surface area (Å²) in [6, 6.07) is 12.0. The van der Waals surface area contributed by atoms with Crippen LogP contribution in [0.3, 0.4) is 0 Å². The molecule has 0 aromatic heterocycles. The van der Waals surface area contributed by atoms with E-state index in [1.165, 1.54) is 32.4 Å². The smallest absolute Gasteiger partial charge is 0.273 e. The average molecular weight is 380 g/mol. The zero-order valence-corrected chi connectivity index (χ0v) is 15.1. The van der Waals surface area contributed by atoms with Crippen molar-refractivity contribution in [3.8, 4) is 11.8 Å². The number of anilines is 2. The summed E-state index contributed by atoms with van der Waals surface area (Å²) in [5.74, 6) is -0.761. The van der Waals surface area contributed by atoms with E-state index < -0.39 is 10.8 Å². The van der Waals surface area contributed by atoms with Crippen molar-refractivity contribution in [1.82, 2.24) is 0 Å². The Morgan fingerprint density at radius 3 is 2.61 bits per heavy atom. The molecule has 9 nitrogen and oxygen atoms in total. The molecule has 0 radical (unpaired) electrons. The number of carbonyl (C=O) groups is 2. The van der Waals surface area contributed by atoms with Crippen molar-refractivity contribution < 1.29 is 19.2 Å². The fourth-order valence-corrected chi connectivity index (χ4v) is 2.22. The van der Waals surface area contributed by atoms with Crippen molar-refractivity contribution in [1.29, 1.82) is 5.26 Å². The molecule has 0 fully saturated rings. The number of benzene rings is 2. The van der Waals surface area contributed by atoms with Gasteiger partial charge in [0.2, 0.25) is 0 Å². The third kappa shape index (κ3) is 4.92. The van der Waals surface area contributed by atoms with Crippen molar-refractivity contribution in [3.63, 3.8) is 0 Å². The highest BCUT2D eigenvalue weighted by molar-refractivity contribution is 6.07. The van der Waals surface area contributed by atoms with Gasteiger partial charge in [-0.25, -0.2) is 0 Å². The number of hydrogen-bond acceptors (Lipinski definition) is 7. The molecular formula is C19H16N4O5. The topological polar surface area (TPSA) is 134 Å².